The summed E-state index contributed by atoms with van der Waals surface area (Å²) >= 11 is 0. The molecule has 1 saturated heterocycles. The summed E-state index contributed by atoms with van der Waals surface area (Å²) < 4.78 is 16.6. The van der Waals surface area contributed by atoms with Crippen molar-refractivity contribution in [1.82, 2.24) is 0 Å². The molecule has 5 nitrogen and oxygen atoms in total. The standard InChI is InChI=1S/C25H34N2O3/c1-2-3-4-5-6-7-8-9-18-28-23-14-10-21(11-15-23)26-27-22-12-16-24(17-13-22)29-19-25-20-30-25/h10-17,25H,2-9,18-20H2,1H3. The maximum atomic E-state index is 5.83. The van der Waals surface area contributed by atoms with E-state index in [-0.39, 0.29) is 6.10 Å². The van der Waals surface area contributed by atoms with Crippen LogP contribution in [0.5, 0.6) is 11.5 Å². The van der Waals surface area contributed by atoms with Crippen LogP contribution in [0.25, 0.3) is 0 Å². The quantitative estimate of drug-likeness (QED) is 0.175. The van der Waals surface area contributed by atoms with Gasteiger partial charge in [0.1, 0.15) is 24.2 Å². The maximum absolute atomic E-state index is 5.83. The van der Waals surface area contributed by atoms with Crippen molar-refractivity contribution >= 4 is 11.4 Å². The van der Waals surface area contributed by atoms with Gasteiger partial charge in [-0.1, -0.05) is 51.9 Å². The smallest absolute Gasteiger partial charge is 0.119 e. The minimum atomic E-state index is 0.261. The Kier molecular flexibility index (Phi) is 9.67. The molecule has 5 heteroatoms. The van der Waals surface area contributed by atoms with Crippen LogP contribution < -0.4 is 9.47 Å². The van der Waals surface area contributed by atoms with Crippen LogP contribution in [0.4, 0.5) is 11.4 Å². The molecule has 1 heterocycles. The largest absolute Gasteiger partial charge is 0.494 e. The highest BCUT2D eigenvalue weighted by atomic mass is 16.6. The molecule has 2 aromatic rings. The minimum Gasteiger partial charge on any atom is -0.494 e. The van der Waals surface area contributed by atoms with Gasteiger partial charge in [0.2, 0.25) is 0 Å². The molecule has 0 N–H and O–H groups in total. The molecule has 2 aromatic carbocycles. The lowest BCUT2D eigenvalue weighted by Crippen LogP contribution is -2.03. The summed E-state index contributed by atoms with van der Waals surface area (Å²) in [7, 11) is 0. The van der Waals surface area contributed by atoms with E-state index in [9.17, 15) is 0 Å². The zero-order chi connectivity index (χ0) is 20.9. The SMILES string of the molecule is CCCCCCCCCCOc1ccc(N=Nc2ccc(OCC3CO3)cc2)cc1. The molecule has 1 atom stereocenters. The molecular formula is C25H34N2O3. The molecule has 0 aromatic heterocycles. The Morgan fingerprint density at radius 2 is 1.23 bits per heavy atom. The predicted octanol–water partition coefficient (Wildman–Crippen LogP) is 7.40. The van der Waals surface area contributed by atoms with E-state index in [2.05, 4.69) is 17.2 Å². The van der Waals surface area contributed by atoms with Crippen molar-refractivity contribution in [1.29, 1.82) is 0 Å². The second kappa shape index (κ2) is 13.0. The molecule has 0 saturated carbocycles. The topological polar surface area (TPSA) is 55.7 Å². The lowest BCUT2D eigenvalue weighted by molar-refractivity contribution is 0.263. The number of rotatable bonds is 15. The maximum Gasteiger partial charge on any atom is 0.119 e. The highest BCUT2D eigenvalue weighted by Gasteiger charge is 2.22. The third-order valence-corrected chi connectivity index (χ3v) is 5.06. The van der Waals surface area contributed by atoms with E-state index in [0.717, 1.165) is 42.5 Å². The van der Waals surface area contributed by atoms with E-state index in [0.29, 0.717) is 6.61 Å². The molecule has 1 aliphatic rings. The van der Waals surface area contributed by atoms with Crippen LogP contribution in [0.1, 0.15) is 58.3 Å². The van der Waals surface area contributed by atoms with Crippen molar-refractivity contribution in [3.8, 4) is 11.5 Å². The number of epoxide rings is 1. The van der Waals surface area contributed by atoms with E-state index in [1.54, 1.807) is 0 Å². The average molecular weight is 411 g/mol. The second-order valence-electron chi connectivity index (χ2n) is 7.78. The summed E-state index contributed by atoms with van der Waals surface area (Å²) in [5.41, 5.74) is 1.60. The van der Waals surface area contributed by atoms with Gasteiger partial charge in [-0.15, -0.1) is 0 Å². The molecular weight excluding hydrogens is 376 g/mol. The van der Waals surface area contributed by atoms with Gasteiger partial charge in [-0.2, -0.15) is 10.2 Å². The highest BCUT2D eigenvalue weighted by molar-refractivity contribution is 5.44. The van der Waals surface area contributed by atoms with E-state index < -0.39 is 0 Å². The van der Waals surface area contributed by atoms with E-state index in [4.69, 9.17) is 14.2 Å². The Labute approximate surface area is 180 Å². The molecule has 30 heavy (non-hydrogen) atoms. The Morgan fingerprint density at radius 1 is 0.733 bits per heavy atom. The predicted molar refractivity (Wildman–Crippen MR) is 120 cm³/mol. The molecule has 1 unspecified atom stereocenters. The van der Waals surface area contributed by atoms with Gasteiger partial charge < -0.3 is 14.2 Å². The normalized spacial score (nSPS) is 15.4. The lowest BCUT2D eigenvalue weighted by Gasteiger charge is -2.06. The van der Waals surface area contributed by atoms with Crippen molar-refractivity contribution in [2.24, 2.45) is 10.2 Å². The van der Waals surface area contributed by atoms with E-state index >= 15 is 0 Å². The summed E-state index contributed by atoms with van der Waals surface area (Å²) in [6, 6.07) is 15.4. The lowest BCUT2D eigenvalue weighted by atomic mass is 10.1. The number of azo groups is 1. The summed E-state index contributed by atoms with van der Waals surface area (Å²) in [4.78, 5) is 0. The third kappa shape index (κ3) is 8.95. The molecule has 162 valence electrons. The van der Waals surface area contributed by atoms with E-state index in [1.165, 1.54) is 44.9 Å². The number of hydrogen-bond donors (Lipinski definition) is 0. The van der Waals surface area contributed by atoms with Crippen molar-refractivity contribution in [2.45, 2.75) is 64.4 Å². The van der Waals surface area contributed by atoms with E-state index in [1.807, 2.05) is 48.5 Å². The Hall–Kier alpha value is -2.40. The molecule has 1 fully saturated rings. The van der Waals surface area contributed by atoms with Gasteiger partial charge in [0.05, 0.1) is 24.6 Å². The molecule has 1 aliphatic heterocycles. The first-order valence-electron chi connectivity index (χ1n) is 11.3. The number of ether oxygens (including phenoxy) is 3. The van der Waals surface area contributed by atoms with Crippen LogP contribution >= 0.6 is 0 Å². The van der Waals surface area contributed by atoms with Gasteiger partial charge >= 0.3 is 0 Å². The molecule has 3 rings (SSSR count). The van der Waals surface area contributed by atoms with Crippen molar-refractivity contribution < 1.29 is 14.2 Å². The second-order valence-corrected chi connectivity index (χ2v) is 7.78. The summed E-state index contributed by atoms with van der Waals surface area (Å²) in [6.45, 7) is 4.44. The number of hydrogen-bond acceptors (Lipinski definition) is 5. The summed E-state index contributed by atoms with van der Waals surface area (Å²) in [5.74, 6) is 1.71. The van der Waals surface area contributed by atoms with Gasteiger partial charge in [-0.3, -0.25) is 0 Å². The van der Waals surface area contributed by atoms with Gasteiger partial charge in [0, 0.05) is 0 Å². The van der Waals surface area contributed by atoms with Gasteiger partial charge in [-0.05, 0) is 55.0 Å². The minimum absolute atomic E-state index is 0.261. The van der Waals surface area contributed by atoms with Gasteiger partial charge in [0.15, 0.2) is 0 Å². The first-order chi connectivity index (χ1) is 14.8. The fourth-order valence-electron chi connectivity index (χ4n) is 3.11. The van der Waals surface area contributed by atoms with Gasteiger partial charge in [-0.25, -0.2) is 0 Å². The van der Waals surface area contributed by atoms with Crippen molar-refractivity contribution in [2.75, 3.05) is 19.8 Å². The molecule has 0 amide bonds. The first kappa shape index (κ1) is 22.3. The number of nitrogens with zero attached hydrogens (tertiary/aromatic N) is 2. The molecule has 0 aliphatic carbocycles. The molecule has 0 radical (unpaired) electrons. The van der Waals surface area contributed by atoms with Crippen LogP contribution in [0.2, 0.25) is 0 Å². The number of unbranched alkanes of at least 4 members (excludes halogenated alkanes) is 7. The molecule has 0 bridgehead atoms. The van der Waals surface area contributed by atoms with Crippen LogP contribution in [-0.4, -0.2) is 25.9 Å². The fraction of sp³-hybridized carbons (Fsp3) is 0.520. The molecule has 0 spiro atoms. The van der Waals surface area contributed by atoms with Crippen LogP contribution in [0.3, 0.4) is 0 Å². The fourth-order valence-corrected chi connectivity index (χ4v) is 3.11. The first-order valence-corrected chi connectivity index (χ1v) is 11.3. The van der Waals surface area contributed by atoms with Gasteiger partial charge in [0.25, 0.3) is 0 Å². The summed E-state index contributed by atoms with van der Waals surface area (Å²) in [6.07, 6.45) is 10.7. The highest BCUT2D eigenvalue weighted by Crippen LogP contribution is 2.24. The van der Waals surface area contributed by atoms with Crippen molar-refractivity contribution in [3.63, 3.8) is 0 Å². The average Bonchev–Trinajstić information content (AvgIpc) is 3.61. The number of benzene rings is 2. The third-order valence-electron chi connectivity index (χ3n) is 5.06. The van der Waals surface area contributed by atoms with Crippen LogP contribution in [0.15, 0.2) is 58.8 Å². The van der Waals surface area contributed by atoms with Crippen molar-refractivity contribution in [3.05, 3.63) is 48.5 Å². The zero-order valence-corrected chi connectivity index (χ0v) is 18.1. The van der Waals surface area contributed by atoms with Crippen LogP contribution in [-0.2, 0) is 4.74 Å². The van der Waals surface area contributed by atoms with Crippen LogP contribution in [0, 0.1) is 0 Å². The summed E-state index contributed by atoms with van der Waals surface area (Å²) in [5, 5.41) is 8.57. The Bertz CT molecular complexity index is 740. The zero-order valence-electron chi connectivity index (χ0n) is 18.1. The monoisotopic (exact) mass is 410 g/mol. The Morgan fingerprint density at radius 3 is 1.77 bits per heavy atom. The Balaban J connectivity index is 1.31.